The van der Waals surface area contributed by atoms with Crippen LogP contribution in [0.25, 0.3) is 22.3 Å². The van der Waals surface area contributed by atoms with E-state index in [2.05, 4.69) is 34.7 Å². The van der Waals surface area contributed by atoms with Gasteiger partial charge in [0.15, 0.2) is 5.82 Å². The normalized spacial score (nSPS) is 19.1. The largest absolute Gasteiger partial charge is 0.292 e. The highest BCUT2D eigenvalue weighted by Crippen LogP contribution is 2.35. The number of halogens is 2. The van der Waals surface area contributed by atoms with Crippen molar-refractivity contribution >= 4 is 38.4 Å². The molecule has 4 rings (SSSR count). The summed E-state index contributed by atoms with van der Waals surface area (Å²) in [5, 5.41) is 1.74. The van der Waals surface area contributed by atoms with E-state index in [9.17, 15) is 0 Å². The van der Waals surface area contributed by atoms with E-state index >= 15 is 0 Å². The predicted octanol–water partition coefficient (Wildman–Crippen LogP) is 6.85. The van der Waals surface area contributed by atoms with E-state index in [1.54, 1.807) is 0 Å². The number of piperidine rings is 1. The van der Waals surface area contributed by atoms with Crippen molar-refractivity contribution in [3.8, 4) is 11.4 Å². The molecule has 145 valence electrons. The van der Waals surface area contributed by atoms with Crippen molar-refractivity contribution in [3.05, 3.63) is 64.6 Å². The molecule has 1 saturated heterocycles. The Balaban J connectivity index is 1.88. The maximum absolute atomic E-state index is 6.34. The molecule has 2 unspecified atom stereocenters. The molecule has 1 aromatic heterocycles. The SMILES string of the molecule is [CH2]CC(c1nc(-c2ccc(Br)cc2)nc2ccc(Cl)cc12)N1CCCCC1C. The Labute approximate surface area is 180 Å². The number of hydrogen-bond acceptors (Lipinski definition) is 3. The molecule has 0 spiro atoms. The van der Waals surface area contributed by atoms with Crippen LogP contribution >= 0.6 is 27.5 Å². The Hall–Kier alpha value is -1.49. The molecule has 5 heteroatoms. The van der Waals surface area contributed by atoms with Crippen LogP contribution in [0.15, 0.2) is 46.9 Å². The molecule has 2 heterocycles. The molecule has 0 amide bonds. The van der Waals surface area contributed by atoms with Gasteiger partial charge in [-0.05, 0) is 63.1 Å². The van der Waals surface area contributed by atoms with E-state index in [-0.39, 0.29) is 6.04 Å². The second kappa shape index (κ2) is 8.48. The summed E-state index contributed by atoms with van der Waals surface area (Å²) in [6, 6.07) is 14.7. The molecule has 3 nitrogen and oxygen atoms in total. The van der Waals surface area contributed by atoms with E-state index in [1.807, 2.05) is 42.5 Å². The number of fused-ring (bicyclic) bond motifs is 1. The average Bonchev–Trinajstić information content (AvgIpc) is 2.70. The highest BCUT2D eigenvalue weighted by molar-refractivity contribution is 9.10. The summed E-state index contributed by atoms with van der Waals surface area (Å²) in [4.78, 5) is 12.4. The standard InChI is InChI=1S/C23H24BrClN3/c1-3-21(28-13-5-4-6-15(28)2)22-19-14-18(25)11-12-20(19)26-23(27-22)16-7-9-17(24)10-8-16/h7-12,14-15,21H,1,3-6,13H2,2H3. The molecule has 2 atom stereocenters. The van der Waals surface area contributed by atoms with Gasteiger partial charge in [-0.15, -0.1) is 0 Å². The van der Waals surface area contributed by atoms with Gasteiger partial charge in [-0.2, -0.15) is 0 Å². The zero-order chi connectivity index (χ0) is 19.7. The minimum atomic E-state index is 0.161. The van der Waals surface area contributed by atoms with Crippen LogP contribution in [0, 0.1) is 6.92 Å². The fraction of sp³-hybridized carbons (Fsp3) is 0.348. The molecule has 0 saturated carbocycles. The monoisotopic (exact) mass is 456 g/mol. The summed E-state index contributed by atoms with van der Waals surface area (Å²) in [6.07, 6.45) is 4.51. The molecule has 1 aliphatic rings. The lowest BCUT2D eigenvalue weighted by Gasteiger charge is -2.39. The van der Waals surface area contributed by atoms with Crippen LogP contribution in [-0.2, 0) is 0 Å². The summed E-state index contributed by atoms with van der Waals surface area (Å²) in [6.45, 7) is 7.67. The maximum Gasteiger partial charge on any atom is 0.160 e. The summed E-state index contributed by atoms with van der Waals surface area (Å²) < 4.78 is 1.04. The minimum Gasteiger partial charge on any atom is -0.292 e. The van der Waals surface area contributed by atoms with Gasteiger partial charge >= 0.3 is 0 Å². The van der Waals surface area contributed by atoms with Gasteiger partial charge in [0.2, 0.25) is 0 Å². The van der Waals surface area contributed by atoms with E-state index in [0.717, 1.165) is 45.4 Å². The number of benzene rings is 2. The highest BCUT2D eigenvalue weighted by Gasteiger charge is 2.29. The molecular weight excluding hydrogens is 434 g/mol. The van der Waals surface area contributed by atoms with Crippen LogP contribution in [0.3, 0.4) is 0 Å². The van der Waals surface area contributed by atoms with Gasteiger partial charge in [0.25, 0.3) is 0 Å². The minimum absolute atomic E-state index is 0.161. The van der Waals surface area contributed by atoms with Crippen LogP contribution in [0.4, 0.5) is 0 Å². The van der Waals surface area contributed by atoms with Gasteiger partial charge in [0, 0.05) is 26.5 Å². The summed E-state index contributed by atoms with van der Waals surface area (Å²) >= 11 is 9.84. The first kappa shape index (κ1) is 19.8. The molecule has 1 aliphatic heterocycles. The first-order valence-electron chi connectivity index (χ1n) is 9.85. The van der Waals surface area contributed by atoms with E-state index in [4.69, 9.17) is 21.6 Å². The fourth-order valence-corrected chi connectivity index (χ4v) is 4.59. The Morgan fingerprint density at radius 1 is 1.18 bits per heavy atom. The molecule has 3 aromatic rings. The fourth-order valence-electron chi connectivity index (χ4n) is 4.15. The first-order chi connectivity index (χ1) is 13.6. The van der Waals surface area contributed by atoms with Crippen LogP contribution < -0.4 is 0 Å². The van der Waals surface area contributed by atoms with Crippen LogP contribution in [0.2, 0.25) is 5.02 Å². The number of likely N-dealkylation sites (tertiary alicyclic amines) is 1. The van der Waals surface area contributed by atoms with Crippen molar-refractivity contribution in [2.45, 2.75) is 44.7 Å². The zero-order valence-corrected chi connectivity index (χ0v) is 18.4. The third-order valence-corrected chi connectivity index (χ3v) is 6.40. The predicted molar refractivity (Wildman–Crippen MR) is 120 cm³/mol. The molecule has 0 N–H and O–H groups in total. The summed E-state index contributed by atoms with van der Waals surface area (Å²) in [5.41, 5.74) is 2.97. The highest BCUT2D eigenvalue weighted by atomic mass is 79.9. The molecule has 1 radical (unpaired) electrons. The lowest BCUT2D eigenvalue weighted by Crippen LogP contribution is -2.40. The van der Waals surface area contributed by atoms with Crippen LogP contribution in [0.5, 0.6) is 0 Å². The Morgan fingerprint density at radius 2 is 1.96 bits per heavy atom. The van der Waals surface area contributed by atoms with Crippen molar-refractivity contribution in [3.63, 3.8) is 0 Å². The van der Waals surface area contributed by atoms with Gasteiger partial charge in [-0.3, -0.25) is 4.90 Å². The molecule has 1 fully saturated rings. The molecule has 2 aromatic carbocycles. The third kappa shape index (κ3) is 3.96. The Morgan fingerprint density at radius 3 is 2.68 bits per heavy atom. The number of nitrogens with zero attached hydrogens (tertiary/aromatic N) is 3. The van der Waals surface area contributed by atoms with Crippen molar-refractivity contribution in [1.29, 1.82) is 0 Å². The van der Waals surface area contributed by atoms with Gasteiger partial charge in [0.05, 0.1) is 17.3 Å². The van der Waals surface area contributed by atoms with Crippen LogP contribution in [0.1, 0.15) is 44.3 Å². The maximum atomic E-state index is 6.34. The lowest BCUT2D eigenvalue weighted by atomic mass is 9.96. The van der Waals surface area contributed by atoms with Crippen molar-refractivity contribution in [1.82, 2.24) is 14.9 Å². The van der Waals surface area contributed by atoms with Crippen molar-refractivity contribution < 1.29 is 0 Å². The summed E-state index contributed by atoms with van der Waals surface area (Å²) in [5.74, 6) is 0.750. The second-order valence-electron chi connectivity index (χ2n) is 7.49. The van der Waals surface area contributed by atoms with Crippen molar-refractivity contribution in [2.75, 3.05) is 6.54 Å². The zero-order valence-electron chi connectivity index (χ0n) is 16.0. The molecule has 0 bridgehead atoms. The second-order valence-corrected chi connectivity index (χ2v) is 8.84. The van der Waals surface area contributed by atoms with Gasteiger partial charge in [-0.25, -0.2) is 9.97 Å². The van der Waals surface area contributed by atoms with Crippen molar-refractivity contribution in [2.24, 2.45) is 0 Å². The summed E-state index contributed by atoms with van der Waals surface area (Å²) in [7, 11) is 0. The average molecular weight is 458 g/mol. The smallest absolute Gasteiger partial charge is 0.160 e. The number of aromatic nitrogens is 2. The van der Waals surface area contributed by atoms with E-state index in [1.165, 1.54) is 19.3 Å². The van der Waals surface area contributed by atoms with Crippen LogP contribution in [-0.4, -0.2) is 27.5 Å². The first-order valence-corrected chi connectivity index (χ1v) is 11.0. The van der Waals surface area contributed by atoms with Gasteiger partial charge in [0.1, 0.15) is 0 Å². The van der Waals surface area contributed by atoms with Gasteiger partial charge < -0.3 is 0 Å². The molecule has 28 heavy (non-hydrogen) atoms. The van der Waals surface area contributed by atoms with Gasteiger partial charge in [-0.1, -0.05) is 53.0 Å². The number of rotatable bonds is 4. The molecular formula is C23H24BrClN3. The molecule has 0 aliphatic carbocycles. The number of hydrogen-bond donors (Lipinski definition) is 0. The third-order valence-electron chi connectivity index (χ3n) is 5.63. The van der Waals surface area contributed by atoms with E-state index < -0.39 is 0 Å². The Bertz CT molecular complexity index is 973. The Kier molecular flexibility index (Phi) is 6.00. The van der Waals surface area contributed by atoms with E-state index in [0.29, 0.717) is 11.1 Å². The quantitative estimate of drug-likeness (QED) is 0.429. The lowest BCUT2D eigenvalue weighted by molar-refractivity contribution is 0.104. The topological polar surface area (TPSA) is 29.0 Å².